The second-order valence-electron chi connectivity index (χ2n) is 4.93. The zero-order valence-corrected chi connectivity index (χ0v) is 10.5. The Labute approximate surface area is 106 Å². The number of aromatic carboxylic acids is 1. The minimum absolute atomic E-state index is 0.149. The van der Waals surface area contributed by atoms with Crippen LogP contribution in [-0.4, -0.2) is 28.6 Å². The zero-order valence-electron chi connectivity index (χ0n) is 10.5. The monoisotopic (exact) mass is 251 g/mol. The van der Waals surface area contributed by atoms with Crippen molar-refractivity contribution in [2.24, 2.45) is 0 Å². The van der Waals surface area contributed by atoms with Crippen LogP contribution in [0.25, 0.3) is 0 Å². The number of carbonyl (C=O) groups is 1. The highest BCUT2D eigenvalue weighted by atomic mass is 19.1. The van der Waals surface area contributed by atoms with Crippen LogP contribution in [0.15, 0.2) is 18.2 Å². The molecule has 1 unspecified atom stereocenters. The van der Waals surface area contributed by atoms with Gasteiger partial charge in [0, 0.05) is 18.2 Å². The van der Waals surface area contributed by atoms with Gasteiger partial charge in [0.2, 0.25) is 0 Å². The molecule has 3 nitrogen and oxygen atoms in total. The number of likely N-dealkylation sites (tertiary alicyclic amines) is 1. The summed E-state index contributed by atoms with van der Waals surface area (Å²) in [6.45, 7) is 3.59. The van der Waals surface area contributed by atoms with Crippen LogP contribution in [0.3, 0.4) is 0 Å². The van der Waals surface area contributed by atoms with Gasteiger partial charge in [-0.3, -0.25) is 4.90 Å². The van der Waals surface area contributed by atoms with Crippen LogP contribution >= 0.6 is 0 Å². The fourth-order valence-corrected chi connectivity index (χ4v) is 2.44. The first-order valence-corrected chi connectivity index (χ1v) is 6.33. The quantitative estimate of drug-likeness (QED) is 0.898. The molecule has 0 amide bonds. The van der Waals surface area contributed by atoms with E-state index >= 15 is 0 Å². The van der Waals surface area contributed by atoms with Gasteiger partial charge in [-0.05, 0) is 44.5 Å². The molecule has 2 rings (SSSR count). The first-order chi connectivity index (χ1) is 8.58. The Balaban J connectivity index is 2.17. The number of benzene rings is 1. The van der Waals surface area contributed by atoms with Crippen molar-refractivity contribution in [3.8, 4) is 0 Å². The van der Waals surface area contributed by atoms with Crippen LogP contribution in [0.4, 0.5) is 4.39 Å². The van der Waals surface area contributed by atoms with Crippen LogP contribution in [0, 0.1) is 5.82 Å². The van der Waals surface area contributed by atoms with Gasteiger partial charge in [0.05, 0.1) is 5.56 Å². The summed E-state index contributed by atoms with van der Waals surface area (Å²) >= 11 is 0. The molecule has 4 heteroatoms. The fraction of sp³-hybridized carbons (Fsp3) is 0.500. The van der Waals surface area contributed by atoms with Gasteiger partial charge >= 0.3 is 5.97 Å². The molecule has 1 saturated heterocycles. The second-order valence-corrected chi connectivity index (χ2v) is 4.93. The Hall–Kier alpha value is -1.42. The van der Waals surface area contributed by atoms with Crippen LogP contribution in [0.1, 0.15) is 42.1 Å². The summed E-state index contributed by atoms with van der Waals surface area (Å²) in [5, 5.41) is 8.92. The lowest BCUT2D eigenvalue weighted by atomic mass is 10.0. The molecule has 1 atom stereocenters. The molecule has 18 heavy (non-hydrogen) atoms. The number of hydrogen-bond donors (Lipinski definition) is 1. The molecular formula is C14H18FNO2. The Morgan fingerprint density at radius 3 is 2.94 bits per heavy atom. The lowest BCUT2D eigenvalue weighted by Gasteiger charge is -2.33. The highest BCUT2D eigenvalue weighted by Gasteiger charge is 2.20. The lowest BCUT2D eigenvalue weighted by molar-refractivity contribution is 0.0696. The molecule has 0 bridgehead atoms. The third-order valence-corrected chi connectivity index (χ3v) is 3.61. The van der Waals surface area contributed by atoms with E-state index in [0.29, 0.717) is 18.2 Å². The van der Waals surface area contributed by atoms with Crippen molar-refractivity contribution in [2.45, 2.75) is 38.8 Å². The Morgan fingerprint density at radius 1 is 1.50 bits per heavy atom. The third kappa shape index (κ3) is 2.88. The molecule has 0 aliphatic carbocycles. The van der Waals surface area contributed by atoms with Crippen molar-refractivity contribution in [2.75, 3.05) is 6.54 Å². The maximum Gasteiger partial charge on any atom is 0.335 e. The molecule has 1 aromatic carbocycles. The van der Waals surface area contributed by atoms with Gasteiger partial charge in [-0.2, -0.15) is 0 Å². The summed E-state index contributed by atoms with van der Waals surface area (Å²) in [5.41, 5.74) is 0.625. The van der Waals surface area contributed by atoms with E-state index in [-0.39, 0.29) is 11.4 Å². The number of hydrogen-bond acceptors (Lipinski definition) is 2. The second kappa shape index (κ2) is 5.48. The highest BCUT2D eigenvalue weighted by Crippen LogP contribution is 2.21. The van der Waals surface area contributed by atoms with E-state index < -0.39 is 5.97 Å². The summed E-state index contributed by atoms with van der Waals surface area (Å²) in [6, 6.07) is 4.43. The first kappa shape index (κ1) is 13.0. The Morgan fingerprint density at radius 2 is 2.28 bits per heavy atom. The molecule has 1 fully saturated rings. The number of carboxylic acid groups (broad SMARTS) is 1. The molecule has 1 N–H and O–H groups in total. The van der Waals surface area contributed by atoms with E-state index in [1.54, 1.807) is 0 Å². The number of rotatable bonds is 3. The molecule has 0 radical (unpaired) electrons. The third-order valence-electron chi connectivity index (χ3n) is 3.61. The Kier molecular flexibility index (Phi) is 3.97. The van der Waals surface area contributed by atoms with Gasteiger partial charge in [-0.15, -0.1) is 0 Å². The van der Waals surface area contributed by atoms with Crippen molar-refractivity contribution >= 4 is 5.97 Å². The molecule has 1 aromatic rings. The topological polar surface area (TPSA) is 40.5 Å². The molecular weight excluding hydrogens is 233 g/mol. The molecule has 0 aromatic heterocycles. The SMILES string of the molecule is CC1CCCCN1Cc1cc(C(=O)O)ccc1F. The van der Waals surface area contributed by atoms with Gasteiger partial charge in [0.1, 0.15) is 5.82 Å². The summed E-state index contributed by atoms with van der Waals surface area (Å²) in [6.07, 6.45) is 3.47. The van der Waals surface area contributed by atoms with Gasteiger partial charge in [-0.1, -0.05) is 6.42 Å². The van der Waals surface area contributed by atoms with Crippen molar-refractivity contribution < 1.29 is 14.3 Å². The van der Waals surface area contributed by atoms with E-state index in [0.717, 1.165) is 19.4 Å². The maximum absolute atomic E-state index is 13.7. The molecule has 1 aliphatic heterocycles. The minimum Gasteiger partial charge on any atom is -0.478 e. The fourth-order valence-electron chi connectivity index (χ4n) is 2.44. The summed E-state index contributed by atoms with van der Waals surface area (Å²) < 4.78 is 13.7. The smallest absolute Gasteiger partial charge is 0.335 e. The predicted octanol–water partition coefficient (Wildman–Crippen LogP) is 2.90. The van der Waals surface area contributed by atoms with Crippen molar-refractivity contribution in [3.63, 3.8) is 0 Å². The highest BCUT2D eigenvalue weighted by molar-refractivity contribution is 5.87. The first-order valence-electron chi connectivity index (χ1n) is 6.33. The zero-order chi connectivity index (χ0) is 13.1. The minimum atomic E-state index is -1.01. The molecule has 1 aliphatic rings. The Bertz CT molecular complexity index is 447. The van der Waals surface area contributed by atoms with Gasteiger partial charge in [0.15, 0.2) is 0 Å². The van der Waals surface area contributed by atoms with Crippen molar-refractivity contribution in [3.05, 3.63) is 35.1 Å². The summed E-state index contributed by atoms with van der Waals surface area (Å²) in [4.78, 5) is 13.1. The number of piperidine rings is 1. The van der Waals surface area contributed by atoms with Crippen LogP contribution in [-0.2, 0) is 6.54 Å². The van der Waals surface area contributed by atoms with E-state index in [2.05, 4.69) is 11.8 Å². The molecule has 0 saturated carbocycles. The molecule has 0 spiro atoms. The number of halogens is 1. The van der Waals surface area contributed by atoms with Gasteiger partial charge in [-0.25, -0.2) is 9.18 Å². The number of nitrogens with zero attached hydrogens (tertiary/aromatic N) is 1. The largest absolute Gasteiger partial charge is 0.478 e. The van der Waals surface area contributed by atoms with Gasteiger partial charge in [0.25, 0.3) is 0 Å². The lowest BCUT2D eigenvalue weighted by Crippen LogP contribution is -2.37. The molecule has 98 valence electrons. The van der Waals surface area contributed by atoms with E-state index in [4.69, 9.17) is 5.11 Å². The summed E-state index contributed by atoms with van der Waals surface area (Å²) in [5.74, 6) is -1.33. The van der Waals surface area contributed by atoms with Crippen LogP contribution in [0.5, 0.6) is 0 Å². The normalized spacial score (nSPS) is 20.9. The van der Waals surface area contributed by atoms with Crippen LogP contribution < -0.4 is 0 Å². The van der Waals surface area contributed by atoms with Crippen molar-refractivity contribution in [1.29, 1.82) is 0 Å². The average molecular weight is 251 g/mol. The van der Waals surface area contributed by atoms with Gasteiger partial charge < -0.3 is 5.11 Å². The van der Waals surface area contributed by atoms with Crippen molar-refractivity contribution in [1.82, 2.24) is 4.90 Å². The van der Waals surface area contributed by atoms with E-state index in [1.165, 1.54) is 24.6 Å². The molecule has 1 heterocycles. The average Bonchev–Trinajstić information content (AvgIpc) is 2.34. The summed E-state index contributed by atoms with van der Waals surface area (Å²) in [7, 11) is 0. The van der Waals surface area contributed by atoms with E-state index in [1.807, 2.05) is 0 Å². The van der Waals surface area contributed by atoms with E-state index in [9.17, 15) is 9.18 Å². The predicted molar refractivity (Wildman–Crippen MR) is 67.1 cm³/mol. The maximum atomic E-state index is 13.7. The van der Waals surface area contributed by atoms with Crippen LogP contribution in [0.2, 0.25) is 0 Å². The number of carboxylic acids is 1. The standard InChI is InChI=1S/C14H18FNO2/c1-10-4-2-3-7-16(10)9-12-8-11(14(17)18)5-6-13(12)15/h5-6,8,10H,2-4,7,9H2,1H3,(H,17,18).